The highest BCUT2D eigenvalue weighted by Gasteiger charge is 2.05. The van der Waals surface area contributed by atoms with Crippen molar-refractivity contribution in [1.29, 1.82) is 5.26 Å². The molecule has 0 atom stereocenters. The summed E-state index contributed by atoms with van der Waals surface area (Å²) < 4.78 is 5.11. The van der Waals surface area contributed by atoms with Crippen molar-refractivity contribution in [2.24, 2.45) is 0 Å². The van der Waals surface area contributed by atoms with Crippen LogP contribution >= 0.6 is 0 Å². The first-order chi connectivity index (χ1) is 6.33. The summed E-state index contributed by atoms with van der Waals surface area (Å²) in [5, 5.41) is 10.9. The molecule has 0 saturated heterocycles. The molecular weight excluding hydrogens is 168 g/mol. The number of rotatable bonds is 3. The molecule has 1 aliphatic rings. The van der Waals surface area contributed by atoms with Gasteiger partial charge in [-0.15, -0.1) is 0 Å². The van der Waals surface area contributed by atoms with Gasteiger partial charge in [0.25, 0.3) is 0 Å². The lowest BCUT2D eigenvalue weighted by atomic mass is 10.1. The molecular formula is C9H12N2O2. The molecule has 0 bridgehead atoms. The van der Waals surface area contributed by atoms with Crippen LogP contribution in [0.15, 0.2) is 11.6 Å². The molecule has 0 aromatic carbocycles. The summed E-state index contributed by atoms with van der Waals surface area (Å²) in [6.45, 7) is 1.90. The van der Waals surface area contributed by atoms with Crippen molar-refractivity contribution in [3.8, 4) is 6.07 Å². The zero-order valence-electron chi connectivity index (χ0n) is 7.38. The summed E-state index contributed by atoms with van der Waals surface area (Å²) in [5.41, 5.74) is 1.18. The average molecular weight is 180 g/mol. The number of hydrogen-bond acceptors (Lipinski definition) is 3. The number of nitriles is 1. The molecule has 1 rings (SSSR count). The third kappa shape index (κ3) is 3.72. The standard InChI is InChI=1S/C9H12N2O2/c10-4-1-9(12)11-7-8-2-5-13-6-3-8/h2H,1,3,5-7H2,(H,11,12). The molecule has 0 spiro atoms. The minimum atomic E-state index is -0.213. The van der Waals surface area contributed by atoms with E-state index in [1.54, 1.807) is 6.07 Å². The zero-order valence-corrected chi connectivity index (χ0v) is 7.38. The lowest BCUT2D eigenvalue weighted by molar-refractivity contribution is -0.119. The Bertz CT molecular complexity index is 253. The largest absolute Gasteiger partial charge is 0.377 e. The molecule has 1 heterocycles. The van der Waals surface area contributed by atoms with Crippen molar-refractivity contribution >= 4 is 5.91 Å². The Kier molecular flexibility index (Phi) is 4.00. The van der Waals surface area contributed by atoms with Crippen molar-refractivity contribution in [3.63, 3.8) is 0 Å². The first-order valence-electron chi connectivity index (χ1n) is 4.22. The van der Waals surface area contributed by atoms with E-state index in [4.69, 9.17) is 10.00 Å². The van der Waals surface area contributed by atoms with E-state index in [1.165, 1.54) is 5.57 Å². The smallest absolute Gasteiger partial charge is 0.234 e. The van der Waals surface area contributed by atoms with Crippen LogP contribution in [-0.4, -0.2) is 25.7 Å². The van der Waals surface area contributed by atoms with E-state index in [2.05, 4.69) is 5.32 Å². The maximum Gasteiger partial charge on any atom is 0.234 e. The third-order valence-corrected chi connectivity index (χ3v) is 1.81. The number of nitrogens with one attached hydrogen (secondary N) is 1. The summed E-state index contributed by atoms with van der Waals surface area (Å²) in [7, 11) is 0. The second-order valence-electron chi connectivity index (χ2n) is 2.80. The van der Waals surface area contributed by atoms with Crippen LogP contribution in [0, 0.1) is 11.3 Å². The minimum absolute atomic E-state index is 0.0657. The van der Waals surface area contributed by atoms with Crippen molar-refractivity contribution in [1.82, 2.24) is 5.32 Å². The Balaban J connectivity index is 2.22. The second kappa shape index (κ2) is 5.33. The van der Waals surface area contributed by atoms with Crippen LogP contribution in [0.4, 0.5) is 0 Å². The average Bonchev–Trinajstić information content (AvgIpc) is 2.17. The summed E-state index contributed by atoms with van der Waals surface area (Å²) in [5.74, 6) is -0.213. The molecule has 0 unspecified atom stereocenters. The SMILES string of the molecule is N#CCC(=O)NCC1=CCOCC1. The fraction of sp³-hybridized carbons (Fsp3) is 0.556. The number of carbonyl (C=O) groups excluding carboxylic acids is 1. The highest BCUT2D eigenvalue weighted by molar-refractivity contribution is 5.78. The number of hydrogen-bond donors (Lipinski definition) is 1. The number of nitrogens with zero attached hydrogens (tertiary/aromatic N) is 1. The maximum absolute atomic E-state index is 10.9. The lowest BCUT2D eigenvalue weighted by Gasteiger charge is -2.13. The van der Waals surface area contributed by atoms with Gasteiger partial charge < -0.3 is 10.1 Å². The van der Waals surface area contributed by atoms with Crippen LogP contribution in [0.3, 0.4) is 0 Å². The maximum atomic E-state index is 10.9. The summed E-state index contributed by atoms with van der Waals surface area (Å²) in [4.78, 5) is 10.9. The number of ether oxygens (including phenoxy) is 1. The molecule has 70 valence electrons. The van der Waals surface area contributed by atoms with Gasteiger partial charge in [0.1, 0.15) is 6.42 Å². The molecule has 1 amide bonds. The van der Waals surface area contributed by atoms with Crippen molar-refractivity contribution < 1.29 is 9.53 Å². The van der Waals surface area contributed by atoms with Gasteiger partial charge in [0.15, 0.2) is 0 Å². The van der Waals surface area contributed by atoms with Crippen molar-refractivity contribution in [2.75, 3.05) is 19.8 Å². The van der Waals surface area contributed by atoms with Gasteiger partial charge in [0.05, 0.1) is 19.3 Å². The Hall–Kier alpha value is -1.34. The van der Waals surface area contributed by atoms with Gasteiger partial charge in [-0.3, -0.25) is 4.79 Å². The molecule has 13 heavy (non-hydrogen) atoms. The van der Waals surface area contributed by atoms with Gasteiger partial charge in [0.2, 0.25) is 5.91 Å². The van der Waals surface area contributed by atoms with E-state index in [0.717, 1.165) is 13.0 Å². The Morgan fingerprint density at radius 3 is 3.23 bits per heavy atom. The number of carbonyl (C=O) groups is 1. The predicted octanol–water partition coefficient (Wildman–Crippen LogP) is 0.363. The van der Waals surface area contributed by atoms with Gasteiger partial charge in [0, 0.05) is 6.54 Å². The van der Waals surface area contributed by atoms with Gasteiger partial charge in [-0.05, 0) is 6.42 Å². The molecule has 0 aromatic heterocycles. The molecule has 0 aliphatic carbocycles. The van der Waals surface area contributed by atoms with E-state index in [0.29, 0.717) is 13.2 Å². The molecule has 4 heteroatoms. The molecule has 0 saturated carbocycles. The fourth-order valence-corrected chi connectivity index (χ4v) is 1.07. The van der Waals surface area contributed by atoms with Crippen LogP contribution in [0.5, 0.6) is 0 Å². The van der Waals surface area contributed by atoms with Gasteiger partial charge >= 0.3 is 0 Å². The van der Waals surface area contributed by atoms with Crippen LogP contribution in [0.2, 0.25) is 0 Å². The van der Waals surface area contributed by atoms with Crippen LogP contribution < -0.4 is 5.32 Å². The third-order valence-electron chi connectivity index (χ3n) is 1.81. The van der Waals surface area contributed by atoms with E-state index < -0.39 is 0 Å². The minimum Gasteiger partial charge on any atom is -0.377 e. The van der Waals surface area contributed by atoms with Crippen LogP contribution in [-0.2, 0) is 9.53 Å². The van der Waals surface area contributed by atoms with E-state index in [1.807, 2.05) is 6.08 Å². The van der Waals surface area contributed by atoms with Crippen LogP contribution in [0.1, 0.15) is 12.8 Å². The van der Waals surface area contributed by atoms with Gasteiger partial charge in [-0.1, -0.05) is 11.6 Å². The zero-order chi connectivity index (χ0) is 9.52. The lowest BCUT2D eigenvalue weighted by Crippen LogP contribution is -2.26. The summed E-state index contributed by atoms with van der Waals surface area (Å²) >= 11 is 0. The Labute approximate surface area is 77.2 Å². The second-order valence-corrected chi connectivity index (χ2v) is 2.80. The molecule has 0 radical (unpaired) electrons. The first-order valence-corrected chi connectivity index (χ1v) is 4.22. The molecule has 0 fully saturated rings. The van der Waals surface area contributed by atoms with E-state index in [9.17, 15) is 4.79 Å². The van der Waals surface area contributed by atoms with Gasteiger partial charge in [-0.2, -0.15) is 5.26 Å². The van der Waals surface area contributed by atoms with Crippen molar-refractivity contribution in [2.45, 2.75) is 12.8 Å². The predicted molar refractivity (Wildman–Crippen MR) is 46.8 cm³/mol. The van der Waals surface area contributed by atoms with Crippen LogP contribution in [0.25, 0.3) is 0 Å². The fourth-order valence-electron chi connectivity index (χ4n) is 1.07. The Morgan fingerprint density at radius 2 is 2.62 bits per heavy atom. The monoisotopic (exact) mass is 180 g/mol. The summed E-state index contributed by atoms with van der Waals surface area (Å²) in [6.07, 6.45) is 2.77. The van der Waals surface area contributed by atoms with E-state index >= 15 is 0 Å². The topological polar surface area (TPSA) is 62.1 Å². The molecule has 1 aliphatic heterocycles. The quantitative estimate of drug-likeness (QED) is 0.638. The first kappa shape index (κ1) is 9.75. The number of amides is 1. The molecule has 4 nitrogen and oxygen atoms in total. The molecule has 1 N–H and O–H groups in total. The van der Waals surface area contributed by atoms with E-state index in [-0.39, 0.29) is 12.3 Å². The van der Waals surface area contributed by atoms with Gasteiger partial charge in [-0.25, -0.2) is 0 Å². The summed E-state index contributed by atoms with van der Waals surface area (Å²) in [6, 6.07) is 1.80. The molecule has 0 aromatic rings. The highest BCUT2D eigenvalue weighted by Crippen LogP contribution is 2.05. The Morgan fingerprint density at radius 1 is 1.77 bits per heavy atom. The highest BCUT2D eigenvalue weighted by atomic mass is 16.5. The normalized spacial score (nSPS) is 15.8. The van der Waals surface area contributed by atoms with Crippen molar-refractivity contribution in [3.05, 3.63) is 11.6 Å².